The standard InChI is InChI=1S/C17H20FNO/c1-13-7-8-14(9-17(13)18)10-19-11-15-5-3-4-6-16(15)12-20-2/h3-9,19H,10-12H2,1-2H3. The van der Waals surface area contributed by atoms with Crippen molar-refractivity contribution in [2.24, 2.45) is 0 Å². The monoisotopic (exact) mass is 273 g/mol. The summed E-state index contributed by atoms with van der Waals surface area (Å²) in [5.74, 6) is -0.149. The van der Waals surface area contributed by atoms with E-state index in [1.165, 1.54) is 11.1 Å². The predicted octanol–water partition coefficient (Wildman–Crippen LogP) is 3.57. The molecule has 2 rings (SSSR count). The maximum Gasteiger partial charge on any atom is 0.126 e. The van der Waals surface area contributed by atoms with E-state index in [4.69, 9.17) is 4.74 Å². The molecule has 1 N–H and O–H groups in total. The van der Waals surface area contributed by atoms with Gasteiger partial charge in [-0.3, -0.25) is 0 Å². The fraction of sp³-hybridized carbons (Fsp3) is 0.294. The number of methoxy groups -OCH3 is 1. The molecule has 3 heteroatoms. The van der Waals surface area contributed by atoms with Crippen molar-refractivity contribution in [3.05, 3.63) is 70.5 Å². The molecule has 20 heavy (non-hydrogen) atoms. The van der Waals surface area contributed by atoms with E-state index in [9.17, 15) is 4.39 Å². The molecule has 0 heterocycles. The molecular weight excluding hydrogens is 253 g/mol. The number of ether oxygens (including phenoxy) is 1. The lowest BCUT2D eigenvalue weighted by molar-refractivity contribution is 0.184. The number of rotatable bonds is 6. The SMILES string of the molecule is COCc1ccccc1CNCc1ccc(C)c(F)c1. The van der Waals surface area contributed by atoms with E-state index in [2.05, 4.69) is 17.4 Å². The Balaban J connectivity index is 1.94. The number of hydrogen-bond acceptors (Lipinski definition) is 2. The van der Waals surface area contributed by atoms with E-state index in [1.54, 1.807) is 20.1 Å². The fourth-order valence-corrected chi connectivity index (χ4v) is 2.11. The minimum atomic E-state index is -0.149. The number of benzene rings is 2. The van der Waals surface area contributed by atoms with Gasteiger partial charge in [0.2, 0.25) is 0 Å². The molecule has 0 spiro atoms. The second-order valence-electron chi connectivity index (χ2n) is 4.89. The zero-order valence-electron chi connectivity index (χ0n) is 11.9. The van der Waals surface area contributed by atoms with Crippen LogP contribution in [0.15, 0.2) is 42.5 Å². The Bertz CT molecular complexity index is 569. The lowest BCUT2D eigenvalue weighted by Crippen LogP contribution is -2.14. The van der Waals surface area contributed by atoms with Gasteiger partial charge in [0.05, 0.1) is 6.61 Å². The van der Waals surface area contributed by atoms with Crippen LogP contribution in [-0.2, 0) is 24.4 Å². The van der Waals surface area contributed by atoms with Crippen LogP contribution in [0.4, 0.5) is 4.39 Å². The van der Waals surface area contributed by atoms with Gasteiger partial charge in [0.1, 0.15) is 5.82 Å². The Hall–Kier alpha value is -1.71. The molecule has 2 aromatic rings. The van der Waals surface area contributed by atoms with Gasteiger partial charge >= 0.3 is 0 Å². The highest BCUT2D eigenvalue weighted by Crippen LogP contribution is 2.11. The topological polar surface area (TPSA) is 21.3 Å². The van der Waals surface area contributed by atoms with Crippen molar-refractivity contribution in [3.8, 4) is 0 Å². The van der Waals surface area contributed by atoms with Crippen LogP contribution in [0.1, 0.15) is 22.3 Å². The molecule has 106 valence electrons. The van der Waals surface area contributed by atoms with E-state index in [0.717, 1.165) is 12.1 Å². The lowest BCUT2D eigenvalue weighted by atomic mass is 10.1. The molecule has 0 aliphatic rings. The van der Waals surface area contributed by atoms with E-state index >= 15 is 0 Å². The molecular formula is C17H20FNO. The van der Waals surface area contributed by atoms with Gasteiger partial charge in [0, 0.05) is 20.2 Å². The van der Waals surface area contributed by atoms with Crippen LogP contribution in [0.25, 0.3) is 0 Å². The zero-order chi connectivity index (χ0) is 14.4. The highest BCUT2D eigenvalue weighted by atomic mass is 19.1. The summed E-state index contributed by atoms with van der Waals surface area (Å²) >= 11 is 0. The van der Waals surface area contributed by atoms with Gasteiger partial charge in [-0.25, -0.2) is 4.39 Å². The summed E-state index contributed by atoms with van der Waals surface area (Å²) in [6, 6.07) is 13.5. The Kier molecular flexibility index (Phi) is 5.27. The Morgan fingerprint density at radius 1 is 1.05 bits per heavy atom. The van der Waals surface area contributed by atoms with Crippen LogP contribution in [0.5, 0.6) is 0 Å². The van der Waals surface area contributed by atoms with Gasteiger partial charge < -0.3 is 10.1 Å². The van der Waals surface area contributed by atoms with E-state index in [-0.39, 0.29) is 5.82 Å². The summed E-state index contributed by atoms with van der Waals surface area (Å²) in [6.07, 6.45) is 0. The molecule has 0 unspecified atom stereocenters. The fourth-order valence-electron chi connectivity index (χ4n) is 2.11. The summed E-state index contributed by atoms with van der Waals surface area (Å²) < 4.78 is 18.6. The highest BCUT2D eigenvalue weighted by molar-refractivity contribution is 5.27. The van der Waals surface area contributed by atoms with Crippen LogP contribution in [0.2, 0.25) is 0 Å². The minimum Gasteiger partial charge on any atom is -0.380 e. The van der Waals surface area contributed by atoms with Gasteiger partial charge in [-0.15, -0.1) is 0 Å². The second kappa shape index (κ2) is 7.17. The van der Waals surface area contributed by atoms with Crippen molar-refractivity contribution >= 4 is 0 Å². The summed E-state index contributed by atoms with van der Waals surface area (Å²) in [7, 11) is 1.69. The third-order valence-electron chi connectivity index (χ3n) is 3.30. The van der Waals surface area contributed by atoms with Gasteiger partial charge in [-0.05, 0) is 35.2 Å². The summed E-state index contributed by atoms with van der Waals surface area (Å²) in [4.78, 5) is 0. The van der Waals surface area contributed by atoms with Gasteiger partial charge in [0.25, 0.3) is 0 Å². The number of hydrogen-bond donors (Lipinski definition) is 1. The number of halogens is 1. The first-order chi connectivity index (χ1) is 9.70. The summed E-state index contributed by atoms with van der Waals surface area (Å²) in [6.45, 7) is 3.78. The highest BCUT2D eigenvalue weighted by Gasteiger charge is 2.02. The molecule has 0 aliphatic carbocycles. The quantitative estimate of drug-likeness (QED) is 0.868. The van der Waals surface area contributed by atoms with Crippen molar-refractivity contribution in [1.82, 2.24) is 5.32 Å². The molecule has 0 aromatic heterocycles. The molecule has 0 saturated heterocycles. The van der Waals surface area contributed by atoms with Crippen molar-refractivity contribution in [3.63, 3.8) is 0 Å². The van der Waals surface area contributed by atoms with Crippen LogP contribution in [-0.4, -0.2) is 7.11 Å². The Morgan fingerprint density at radius 3 is 2.50 bits per heavy atom. The smallest absolute Gasteiger partial charge is 0.126 e. The Morgan fingerprint density at radius 2 is 1.80 bits per heavy atom. The maximum atomic E-state index is 13.4. The minimum absolute atomic E-state index is 0.149. The first-order valence-corrected chi connectivity index (χ1v) is 6.72. The number of aryl methyl sites for hydroxylation is 1. The van der Waals surface area contributed by atoms with Crippen LogP contribution < -0.4 is 5.32 Å². The summed E-state index contributed by atoms with van der Waals surface area (Å²) in [5.41, 5.74) is 4.02. The number of nitrogens with one attached hydrogen (secondary N) is 1. The molecule has 0 radical (unpaired) electrons. The van der Waals surface area contributed by atoms with Crippen LogP contribution in [0, 0.1) is 12.7 Å². The molecule has 0 aliphatic heterocycles. The zero-order valence-corrected chi connectivity index (χ0v) is 11.9. The molecule has 0 amide bonds. The molecule has 2 aromatic carbocycles. The van der Waals surface area contributed by atoms with E-state index in [0.29, 0.717) is 18.7 Å². The average Bonchev–Trinajstić information content (AvgIpc) is 2.45. The maximum absolute atomic E-state index is 13.4. The average molecular weight is 273 g/mol. The van der Waals surface area contributed by atoms with E-state index in [1.807, 2.05) is 24.3 Å². The molecule has 2 nitrogen and oxygen atoms in total. The first kappa shape index (κ1) is 14.7. The first-order valence-electron chi connectivity index (χ1n) is 6.72. The second-order valence-corrected chi connectivity index (χ2v) is 4.89. The third kappa shape index (κ3) is 3.89. The largest absolute Gasteiger partial charge is 0.380 e. The van der Waals surface area contributed by atoms with Crippen molar-refractivity contribution < 1.29 is 9.13 Å². The van der Waals surface area contributed by atoms with Gasteiger partial charge in [-0.1, -0.05) is 36.4 Å². The summed E-state index contributed by atoms with van der Waals surface area (Å²) in [5, 5.41) is 3.34. The molecule has 0 atom stereocenters. The van der Waals surface area contributed by atoms with Crippen LogP contribution >= 0.6 is 0 Å². The predicted molar refractivity (Wildman–Crippen MR) is 78.8 cm³/mol. The van der Waals surface area contributed by atoms with Gasteiger partial charge in [-0.2, -0.15) is 0 Å². The van der Waals surface area contributed by atoms with Crippen molar-refractivity contribution in [2.45, 2.75) is 26.6 Å². The molecule has 0 bridgehead atoms. The van der Waals surface area contributed by atoms with Crippen molar-refractivity contribution in [2.75, 3.05) is 7.11 Å². The lowest BCUT2D eigenvalue weighted by Gasteiger charge is -2.10. The Labute approximate surface area is 119 Å². The van der Waals surface area contributed by atoms with E-state index < -0.39 is 0 Å². The third-order valence-corrected chi connectivity index (χ3v) is 3.30. The van der Waals surface area contributed by atoms with Gasteiger partial charge in [0.15, 0.2) is 0 Å². The normalized spacial score (nSPS) is 10.8. The van der Waals surface area contributed by atoms with Crippen LogP contribution in [0.3, 0.4) is 0 Å². The molecule has 0 saturated carbocycles. The van der Waals surface area contributed by atoms with Crippen molar-refractivity contribution in [1.29, 1.82) is 0 Å². The molecule has 0 fully saturated rings.